The number of fused-ring (bicyclic) bond motifs is 1. The molecule has 0 aliphatic carbocycles. The van der Waals surface area contributed by atoms with E-state index in [1.165, 1.54) is 24.3 Å². The number of ether oxygens (including phenoxy) is 1. The number of carbonyl (C=O) groups excluding carboxylic acids is 1. The highest BCUT2D eigenvalue weighted by Gasteiger charge is 2.29. The van der Waals surface area contributed by atoms with Crippen LogP contribution in [0.2, 0.25) is 0 Å². The summed E-state index contributed by atoms with van der Waals surface area (Å²) < 4.78 is 5.43. The monoisotopic (exact) mass is 340 g/mol. The summed E-state index contributed by atoms with van der Waals surface area (Å²) in [7, 11) is 0. The number of nitrogens with zero attached hydrogens (tertiary/aromatic N) is 1. The molecule has 0 saturated heterocycles. The van der Waals surface area contributed by atoms with Gasteiger partial charge in [0.25, 0.3) is 5.69 Å². The van der Waals surface area contributed by atoms with E-state index in [4.69, 9.17) is 4.74 Å². The molecule has 130 valence electrons. The van der Waals surface area contributed by atoms with Gasteiger partial charge in [0.15, 0.2) is 0 Å². The first-order valence-electron chi connectivity index (χ1n) is 8.14. The second-order valence-electron chi connectivity index (χ2n) is 7.06. The van der Waals surface area contributed by atoms with Crippen molar-refractivity contribution in [1.82, 2.24) is 0 Å². The number of hydrogen-bond donors (Lipinski definition) is 1. The Morgan fingerprint density at radius 2 is 1.92 bits per heavy atom. The van der Waals surface area contributed by atoms with Crippen LogP contribution in [0.1, 0.15) is 49.0 Å². The smallest absolute Gasteiger partial charge is 0.343 e. The van der Waals surface area contributed by atoms with E-state index in [-0.39, 0.29) is 16.8 Å². The van der Waals surface area contributed by atoms with Crippen LogP contribution >= 0.6 is 0 Å². The third-order valence-corrected chi connectivity index (χ3v) is 4.37. The first-order chi connectivity index (χ1) is 11.7. The van der Waals surface area contributed by atoms with E-state index in [2.05, 4.69) is 26.1 Å². The van der Waals surface area contributed by atoms with Crippen LogP contribution in [-0.4, -0.2) is 16.4 Å². The number of rotatable bonds is 3. The highest BCUT2D eigenvalue weighted by atomic mass is 16.6. The largest absolute Gasteiger partial charge is 0.423 e. The molecule has 0 saturated carbocycles. The highest BCUT2D eigenvalue weighted by molar-refractivity contribution is 5.91. The van der Waals surface area contributed by atoms with Crippen molar-refractivity contribution < 1.29 is 14.5 Å². The molecule has 3 rings (SSSR count). The van der Waals surface area contributed by atoms with Gasteiger partial charge in [-0.25, -0.2) is 4.79 Å². The number of esters is 1. The van der Waals surface area contributed by atoms with Crippen molar-refractivity contribution >= 4 is 17.3 Å². The van der Waals surface area contributed by atoms with Crippen LogP contribution in [0.3, 0.4) is 0 Å². The molecule has 0 aromatic heterocycles. The fourth-order valence-corrected chi connectivity index (χ4v) is 3.30. The van der Waals surface area contributed by atoms with Gasteiger partial charge in [0.2, 0.25) is 0 Å². The topological polar surface area (TPSA) is 81.5 Å². The predicted molar refractivity (Wildman–Crippen MR) is 95.2 cm³/mol. The van der Waals surface area contributed by atoms with Gasteiger partial charge in [-0.1, -0.05) is 6.92 Å². The number of benzene rings is 2. The van der Waals surface area contributed by atoms with E-state index in [1.807, 2.05) is 12.1 Å². The maximum Gasteiger partial charge on any atom is 0.343 e. The maximum atomic E-state index is 12.2. The Hall–Kier alpha value is -2.89. The minimum Gasteiger partial charge on any atom is -0.423 e. The lowest BCUT2D eigenvalue weighted by Gasteiger charge is -2.37. The number of nitrogens with one attached hydrogen (secondary N) is 1. The van der Waals surface area contributed by atoms with Crippen molar-refractivity contribution in [2.24, 2.45) is 0 Å². The zero-order valence-corrected chi connectivity index (χ0v) is 14.4. The van der Waals surface area contributed by atoms with Crippen molar-refractivity contribution in [3.8, 4) is 5.75 Å². The van der Waals surface area contributed by atoms with Crippen molar-refractivity contribution in [2.45, 2.75) is 38.6 Å². The molecule has 2 aromatic rings. The highest BCUT2D eigenvalue weighted by Crippen LogP contribution is 2.40. The molecule has 1 N–H and O–H groups in total. The van der Waals surface area contributed by atoms with Crippen LogP contribution in [0.4, 0.5) is 11.4 Å². The van der Waals surface area contributed by atoms with Crippen LogP contribution in [-0.2, 0) is 0 Å². The Bertz CT molecular complexity index is 828. The molecular formula is C19H20N2O4. The Balaban J connectivity index is 1.78. The molecule has 0 bridgehead atoms. The van der Waals surface area contributed by atoms with E-state index >= 15 is 0 Å². The van der Waals surface area contributed by atoms with Gasteiger partial charge in [-0.3, -0.25) is 10.1 Å². The van der Waals surface area contributed by atoms with Gasteiger partial charge in [0.05, 0.1) is 10.5 Å². The molecule has 0 fully saturated rings. The van der Waals surface area contributed by atoms with E-state index in [1.54, 1.807) is 6.07 Å². The van der Waals surface area contributed by atoms with Gasteiger partial charge in [0.1, 0.15) is 5.75 Å². The molecule has 0 unspecified atom stereocenters. The van der Waals surface area contributed by atoms with Crippen LogP contribution < -0.4 is 10.1 Å². The Morgan fingerprint density at radius 1 is 1.24 bits per heavy atom. The average Bonchev–Trinajstić information content (AvgIpc) is 2.54. The molecule has 0 amide bonds. The summed E-state index contributed by atoms with van der Waals surface area (Å²) in [6.07, 6.45) is 0.986. The molecule has 0 spiro atoms. The Kier molecular flexibility index (Phi) is 4.20. The average molecular weight is 340 g/mol. The standard InChI is InChI=1S/C19H20N2O4/c1-12-11-19(2,3)20-17-9-8-15(10-16(12)17)25-18(22)13-4-6-14(7-5-13)21(23)24/h4-10,12,20H,11H2,1-3H3/t12-/m0/s1. The van der Waals surface area contributed by atoms with Gasteiger partial charge < -0.3 is 10.1 Å². The van der Waals surface area contributed by atoms with E-state index < -0.39 is 10.9 Å². The SMILES string of the molecule is C[C@H]1CC(C)(C)Nc2ccc(OC(=O)c3ccc([N+](=O)[O-])cc3)cc21. The third kappa shape index (κ3) is 3.63. The molecule has 1 aliphatic heterocycles. The van der Waals surface area contributed by atoms with Gasteiger partial charge in [-0.2, -0.15) is 0 Å². The second-order valence-corrected chi connectivity index (χ2v) is 7.06. The first-order valence-corrected chi connectivity index (χ1v) is 8.14. The van der Waals surface area contributed by atoms with Crippen molar-refractivity contribution in [3.63, 3.8) is 0 Å². The lowest BCUT2D eigenvalue weighted by molar-refractivity contribution is -0.384. The van der Waals surface area contributed by atoms with Gasteiger partial charge in [-0.05, 0) is 62.1 Å². The first kappa shape index (κ1) is 17.0. The molecule has 1 atom stereocenters. The van der Waals surface area contributed by atoms with E-state index in [0.717, 1.165) is 17.7 Å². The minimum atomic E-state index is -0.536. The summed E-state index contributed by atoms with van der Waals surface area (Å²) in [5.74, 6) is 0.284. The number of hydrogen-bond acceptors (Lipinski definition) is 5. The van der Waals surface area contributed by atoms with Crippen LogP contribution in [0.15, 0.2) is 42.5 Å². The van der Waals surface area contributed by atoms with Crippen LogP contribution in [0.5, 0.6) is 5.75 Å². The normalized spacial score (nSPS) is 18.0. The molecule has 1 aliphatic rings. The van der Waals surface area contributed by atoms with Gasteiger partial charge in [0, 0.05) is 23.4 Å². The summed E-state index contributed by atoms with van der Waals surface area (Å²) in [5, 5.41) is 14.2. The summed E-state index contributed by atoms with van der Waals surface area (Å²) >= 11 is 0. The Labute approximate surface area is 146 Å². The van der Waals surface area contributed by atoms with Gasteiger partial charge in [-0.15, -0.1) is 0 Å². The molecule has 6 heteroatoms. The molecular weight excluding hydrogens is 320 g/mol. The number of non-ortho nitro benzene ring substituents is 1. The second kappa shape index (κ2) is 6.20. The molecule has 25 heavy (non-hydrogen) atoms. The van der Waals surface area contributed by atoms with E-state index in [0.29, 0.717) is 11.7 Å². The van der Waals surface area contributed by atoms with Crippen LogP contribution in [0, 0.1) is 10.1 Å². The fourth-order valence-electron chi connectivity index (χ4n) is 3.30. The Morgan fingerprint density at radius 3 is 2.56 bits per heavy atom. The number of nitro benzene ring substituents is 1. The summed E-state index contributed by atoms with van der Waals surface area (Å²) in [6, 6.07) is 10.9. The quantitative estimate of drug-likeness (QED) is 0.385. The number of nitro groups is 1. The number of anilines is 1. The minimum absolute atomic E-state index is 0.0311. The van der Waals surface area contributed by atoms with Crippen molar-refractivity contribution in [1.29, 1.82) is 0 Å². The summed E-state index contributed by atoms with van der Waals surface area (Å²) in [4.78, 5) is 22.4. The molecule has 2 aromatic carbocycles. The number of carbonyl (C=O) groups is 1. The third-order valence-electron chi connectivity index (χ3n) is 4.37. The lowest BCUT2D eigenvalue weighted by Crippen LogP contribution is -2.36. The maximum absolute atomic E-state index is 12.2. The van der Waals surface area contributed by atoms with Gasteiger partial charge >= 0.3 is 5.97 Å². The summed E-state index contributed by atoms with van der Waals surface area (Å²) in [5.41, 5.74) is 2.42. The summed E-state index contributed by atoms with van der Waals surface area (Å²) in [6.45, 7) is 6.48. The zero-order valence-electron chi connectivity index (χ0n) is 14.4. The fraction of sp³-hybridized carbons (Fsp3) is 0.316. The van der Waals surface area contributed by atoms with E-state index in [9.17, 15) is 14.9 Å². The lowest BCUT2D eigenvalue weighted by atomic mass is 9.82. The predicted octanol–water partition coefficient (Wildman–Crippen LogP) is 4.51. The molecule has 0 radical (unpaired) electrons. The zero-order chi connectivity index (χ0) is 18.2. The van der Waals surface area contributed by atoms with Crippen molar-refractivity contribution in [3.05, 3.63) is 63.7 Å². The molecule has 1 heterocycles. The van der Waals surface area contributed by atoms with Crippen molar-refractivity contribution in [2.75, 3.05) is 5.32 Å². The van der Waals surface area contributed by atoms with Crippen LogP contribution in [0.25, 0.3) is 0 Å². The molecule has 6 nitrogen and oxygen atoms in total.